The molecule has 9 heteroatoms. The Morgan fingerprint density at radius 1 is 1.30 bits per heavy atom. The number of hydrogen-bond acceptors (Lipinski definition) is 5. The molecule has 0 radical (unpaired) electrons. The fraction of sp³-hybridized carbons (Fsp3) is 0.667. The van der Waals surface area contributed by atoms with E-state index < -0.39 is 17.8 Å². The minimum atomic E-state index is -4.54. The molecule has 1 heterocycles. The molecular formula is C18H26ClF3N2O3. The van der Waals surface area contributed by atoms with Crippen LogP contribution in [0.3, 0.4) is 0 Å². The molecule has 0 bridgehead atoms. The highest BCUT2D eigenvalue weighted by Gasteiger charge is 2.32. The van der Waals surface area contributed by atoms with Crippen molar-refractivity contribution in [2.45, 2.75) is 58.9 Å². The molecule has 0 fully saturated rings. The maximum Gasteiger partial charge on any atom is 0.417 e. The summed E-state index contributed by atoms with van der Waals surface area (Å²) in [7, 11) is 0. The second-order valence-electron chi connectivity index (χ2n) is 7.66. The Bertz CT molecular complexity index is 631. The number of hydrogen-bond donors (Lipinski definition) is 1. The summed E-state index contributed by atoms with van der Waals surface area (Å²) in [6.45, 7) is 9.87. The Morgan fingerprint density at radius 2 is 1.93 bits per heavy atom. The number of aromatic nitrogens is 1. The van der Waals surface area contributed by atoms with Crippen molar-refractivity contribution in [2.75, 3.05) is 13.2 Å². The van der Waals surface area contributed by atoms with E-state index in [4.69, 9.17) is 21.1 Å². The summed E-state index contributed by atoms with van der Waals surface area (Å²) < 4.78 is 48.8. The van der Waals surface area contributed by atoms with Gasteiger partial charge in [-0.3, -0.25) is 4.79 Å². The highest BCUT2D eigenvalue weighted by Crippen LogP contribution is 2.33. The van der Waals surface area contributed by atoms with Gasteiger partial charge in [-0.2, -0.15) is 13.2 Å². The van der Waals surface area contributed by atoms with Gasteiger partial charge in [0.15, 0.2) is 0 Å². The summed E-state index contributed by atoms with van der Waals surface area (Å²) in [5, 5.41) is 2.94. The Balaban J connectivity index is 2.78. The van der Waals surface area contributed by atoms with Crippen LogP contribution in [0.25, 0.3) is 0 Å². The van der Waals surface area contributed by atoms with E-state index in [9.17, 15) is 18.0 Å². The van der Waals surface area contributed by atoms with E-state index in [0.717, 1.165) is 6.07 Å². The molecular weight excluding hydrogens is 385 g/mol. The normalized spacial score (nSPS) is 13.6. The van der Waals surface area contributed by atoms with E-state index in [1.165, 1.54) is 0 Å². The number of halogens is 4. The molecule has 5 nitrogen and oxygen atoms in total. The van der Waals surface area contributed by atoms with Gasteiger partial charge in [-0.25, -0.2) is 4.98 Å². The SMILES string of the molecule is CC(C)CC(=O)OC(CNC(C)(C)C)COc1ncc(C(F)(F)F)cc1Cl. The molecule has 0 spiro atoms. The van der Waals surface area contributed by atoms with Crippen molar-refractivity contribution < 1.29 is 27.4 Å². The average molecular weight is 411 g/mol. The molecule has 0 aromatic carbocycles. The summed E-state index contributed by atoms with van der Waals surface area (Å²) >= 11 is 5.83. The Labute approximate surface area is 162 Å². The predicted molar refractivity (Wildman–Crippen MR) is 96.8 cm³/mol. The van der Waals surface area contributed by atoms with Gasteiger partial charge in [0.2, 0.25) is 5.88 Å². The van der Waals surface area contributed by atoms with Crippen LogP contribution in [-0.2, 0) is 15.7 Å². The van der Waals surface area contributed by atoms with Crippen LogP contribution in [0, 0.1) is 5.92 Å². The molecule has 0 aliphatic rings. The zero-order chi connectivity index (χ0) is 20.8. The monoisotopic (exact) mass is 410 g/mol. The van der Waals surface area contributed by atoms with E-state index in [0.29, 0.717) is 12.7 Å². The lowest BCUT2D eigenvalue weighted by Crippen LogP contribution is -2.44. The minimum absolute atomic E-state index is 0.0923. The largest absolute Gasteiger partial charge is 0.473 e. The molecule has 0 saturated carbocycles. The van der Waals surface area contributed by atoms with Gasteiger partial charge in [0.1, 0.15) is 17.7 Å². The summed E-state index contributed by atoms with van der Waals surface area (Å²) in [6, 6.07) is 0.747. The van der Waals surface area contributed by atoms with Crippen LogP contribution in [0.5, 0.6) is 5.88 Å². The number of rotatable bonds is 8. The van der Waals surface area contributed by atoms with Crippen molar-refractivity contribution in [3.05, 3.63) is 22.8 Å². The second-order valence-corrected chi connectivity index (χ2v) is 8.07. The van der Waals surface area contributed by atoms with Crippen molar-refractivity contribution in [3.8, 4) is 5.88 Å². The molecule has 0 amide bonds. The Morgan fingerprint density at radius 3 is 2.41 bits per heavy atom. The number of pyridine rings is 1. The van der Waals surface area contributed by atoms with E-state index in [2.05, 4.69) is 10.3 Å². The maximum atomic E-state index is 12.7. The predicted octanol–water partition coefficient (Wildman–Crippen LogP) is 4.48. The van der Waals surface area contributed by atoms with E-state index in [1.54, 1.807) is 0 Å². The number of esters is 1. The van der Waals surface area contributed by atoms with Crippen LogP contribution in [0.1, 0.15) is 46.6 Å². The molecule has 1 unspecified atom stereocenters. The highest BCUT2D eigenvalue weighted by molar-refractivity contribution is 6.31. The maximum absolute atomic E-state index is 12.7. The van der Waals surface area contributed by atoms with Crippen LogP contribution in [-0.4, -0.2) is 35.7 Å². The first kappa shape index (κ1) is 23.5. The molecule has 154 valence electrons. The summed E-state index contributed by atoms with van der Waals surface area (Å²) in [4.78, 5) is 15.6. The van der Waals surface area contributed by atoms with Crippen molar-refractivity contribution >= 4 is 17.6 Å². The third-order valence-corrected chi connectivity index (χ3v) is 3.54. The average Bonchev–Trinajstić information content (AvgIpc) is 2.48. The van der Waals surface area contributed by atoms with Crippen molar-refractivity contribution in [1.29, 1.82) is 0 Å². The van der Waals surface area contributed by atoms with E-state index in [1.807, 2.05) is 34.6 Å². The van der Waals surface area contributed by atoms with Gasteiger partial charge >= 0.3 is 12.1 Å². The Kier molecular flexibility index (Phi) is 8.35. The number of nitrogens with one attached hydrogen (secondary N) is 1. The second kappa shape index (κ2) is 9.59. The summed E-state index contributed by atoms with van der Waals surface area (Å²) in [6.07, 6.45) is -4.28. The van der Waals surface area contributed by atoms with Crippen LogP contribution in [0.2, 0.25) is 5.02 Å². The van der Waals surface area contributed by atoms with Crippen LogP contribution in [0.4, 0.5) is 13.2 Å². The number of nitrogens with zero attached hydrogens (tertiary/aromatic N) is 1. The summed E-state index contributed by atoms with van der Waals surface area (Å²) in [5.41, 5.74) is -1.18. The lowest BCUT2D eigenvalue weighted by atomic mass is 10.1. The number of ether oxygens (including phenoxy) is 2. The minimum Gasteiger partial charge on any atom is -0.473 e. The van der Waals surface area contributed by atoms with Gasteiger partial charge in [0.25, 0.3) is 0 Å². The first-order valence-electron chi connectivity index (χ1n) is 8.58. The number of alkyl halides is 3. The third kappa shape index (κ3) is 9.28. The Hall–Kier alpha value is -1.54. The molecule has 1 rings (SSSR count). The zero-order valence-electron chi connectivity index (χ0n) is 16.1. The van der Waals surface area contributed by atoms with E-state index >= 15 is 0 Å². The standard InChI is InChI=1S/C18H26ClF3N2O3/c1-11(2)6-15(25)27-13(9-24-17(3,4)5)10-26-16-14(19)7-12(8-23-16)18(20,21)22/h7-8,11,13,24H,6,9-10H2,1-5H3. The van der Waals surface area contributed by atoms with Crippen LogP contribution >= 0.6 is 11.6 Å². The topological polar surface area (TPSA) is 60.5 Å². The molecule has 0 aliphatic carbocycles. The fourth-order valence-electron chi connectivity index (χ4n) is 1.98. The lowest BCUT2D eigenvalue weighted by molar-refractivity contribution is -0.151. The molecule has 1 atom stereocenters. The van der Waals surface area contributed by atoms with Crippen molar-refractivity contribution in [1.82, 2.24) is 10.3 Å². The first-order chi connectivity index (χ1) is 12.3. The number of carbonyl (C=O) groups excluding carboxylic acids is 1. The van der Waals surface area contributed by atoms with Gasteiger partial charge in [-0.1, -0.05) is 25.4 Å². The molecule has 1 N–H and O–H groups in total. The zero-order valence-corrected chi connectivity index (χ0v) is 16.9. The van der Waals surface area contributed by atoms with Gasteiger partial charge in [0.05, 0.1) is 5.56 Å². The van der Waals surface area contributed by atoms with Gasteiger partial charge in [-0.05, 0) is 32.8 Å². The third-order valence-electron chi connectivity index (χ3n) is 3.27. The van der Waals surface area contributed by atoms with Crippen molar-refractivity contribution in [2.24, 2.45) is 5.92 Å². The van der Waals surface area contributed by atoms with Gasteiger partial charge in [-0.15, -0.1) is 0 Å². The van der Waals surface area contributed by atoms with Crippen molar-refractivity contribution in [3.63, 3.8) is 0 Å². The molecule has 0 aliphatic heterocycles. The highest BCUT2D eigenvalue weighted by atomic mass is 35.5. The fourth-order valence-corrected chi connectivity index (χ4v) is 2.20. The van der Waals surface area contributed by atoms with Gasteiger partial charge < -0.3 is 14.8 Å². The summed E-state index contributed by atoms with van der Waals surface area (Å²) in [5.74, 6) is -0.383. The lowest BCUT2D eigenvalue weighted by Gasteiger charge is -2.25. The molecule has 0 saturated heterocycles. The van der Waals surface area contributed by atoms with Crippen LogP contribution < -0.4 is 10.1 Å². The van der Waals surface area contributed by atoms with E-state index in [-0.39, 0.29) is 41.4 Å². The molecule has 27 heavy (non-hydrogen) atoms. The van der Waals surface area contributed by atoms with Crippen LogP contribution in [0.15, 0.2) is 12.3 Å². The smallest absolute Gasteiger partial charge is 0.417 e. The number of carbonyl (C=O) groups is 1. The quantitative estimate of drug-likeness (QED) is 0.640. The van der Waals surface area contributed by atoms with Gasteiger partial charge in [0, 0.05) is 24.7 Å². The first-order valence-corrected chi connectivity index (χ1v) is 8.96. The molecule has 1 aromatic heterocycles. The molecule has 1 aromatic rings.